The van der Waals surface area contributed by atoms with Gasteiger partial charge in [-0.15, -0.1) is 0 Å². The van der Waals surface area contributed by atoms with Crippen molar-refractivity contribution in [2.75, 3.05) is 20.2 Å². The van der Waals surface area contributed by atoms with Gasteiger partial charge < -0.3 is 10.0 Å². The Morgan fingerprint density at radius 3 is 2.11 bits per heavy atom. The summed E-state index contributed by atoms with van der Waals surface area (Å²) in [5.41, 5.74) is 0. The molecular weight excluding hydrogens is 234 g/mol. The van der Waals surface area contributed by atoms with Gasteiger partial charge in [-0.05, 0) is 58.0 Å². The molecular formula is C17H37NO. The molecule has 0 radical (unpaired) electrons. The van der Waals surface area contributed by atoms with E-state index in [9.17, 15) is 0 Å². The van der Waals surface area contributed by atoms with Crippen molar-refractivity contribution in [2.24, 2.45) is 11.8 Å². The molecule has 0 aromatic rings. The van der Waals surface area contributed by atoms with Gasteiger partial charge in [0, 0.05) is 12.6 Å². The van der Waals surface area contributed by atoms with Crippen molar-refractivity contribution in [3.63, 3.8) is 0 Å². The molecule has 2 heteroatoms. The van der Waals surface area contributed by atoms with Gasteiger partial charge in [0.05, 0.1) is 0 Å². The molecule has 0 saturated heterocycles. The van der Waals surface area contributed by atoms with Crippen LogP contribution in [0.15, 0.2) is 0 Å². The van der Waals surface area contributed by atoms with Gasteiger partial charge in [0.25, 0.3) is 0 Å². The lowest BCUT2D eigenvalue weighted by Gasteiger charge is -2.25. The van der Waals surface area contributed by atoms with E-state index in [0.717, 1.165) is 31.2 Å². The highest BCUT2D eigenvalue weighted by atomic mass is 16.2. The molecule has 0 aliphatic carbocycles. The third-order valence-electron chi connectivity index (χ3n) is 4.23. The second kappa shape index (κ2) is 11.7. The lowest BCUT2D eigenvalue weighted by Crippen LogP contribution is -2.30. The molecule has 0 aliphatic heterocycles. The molecule has 2 atom stereocenters. The van der Waals surface area contributed by atoms with E-state index in [1.54, 1.807) is 0 Å². The Hall–Kier alpha value is -0.0800. The maximum atomic E-state index is 8.80. The number of nitrogens with zero attached hydrogens (tertiary/aromatic N) is 1. The zero-order valence-electron chi connectivity index (χ0n) is 14.0. The Bertz CT molecular complexity index is 194. The second-order valence-corrected chi connectivity index (χ2v) is 6.77. The maximum absolute atomic E-state index is 8.80. The fraction of sp³-hybridized carbons (Fsp3) is 1.00. The predicted octanol–water partition coefficient (Wildman–Crippen LogP) is 4.32. The van der Waals surface area contributed by atoms with E-state index in [0.29, 0.717) is 12.6 Å². The lowest BCUT2D eigenvalue weighted by molar-refractivity contribution is 0.215. The van der Waals surface area contributed by atoms with Gasteiger partial charge in [0.15, 0.2) is 0 Å². The van der Waals surface area contributed by atoms with Crippen LogP contribution >= 0.6 is 0 Å². The van der Waals surface area contributed by atoms with Crippen LogP contribution in [0.4, 0.5) is 0 Å². The van der Waals surface area contributed by atoms with Gasteiger partial charge in [-0.1, -0.05) is 40.0 Å². The van der Waals surface area contributed by atoms with Gasteiger partial charge in [-0.25, -0.2) is 0 Å². The van der Waals surface area contributed by atoms with Crippen LogP contribution in [-0.2, 0) is 0 Å². The van der Waals surface area contributed by atoms with Gasteiger partial charge in [-0.3, -0.25) is 0 Å². The molecule has 0 saturated carbocycles. The average molecular weight is 271 g/mol. The van der Waals surface area contributed by atoms with Crippen LogP contribution in [0.25, 0.3) is 0 Å². The van der Waals surface area contributed by atoms with E-state index in [1.165, 1.54) is 32.1 Å². The first-order chi connectivity index (χ1) is 8.97. The minimum atomic E-state index is 0.328. The topological polar surface area (TPSA) is 23.5 Å². The van der Waals surface area contributed by atoms with Crippen molar-refractivity contribution >= 4 is 0 Å². The second-order valence-electron chi connectivity index (χ2n) is 6.77. The van der Waals surface area contributed by atoms with Crippen molar-refractivity contribution < 1.29 is 5.11 Å². The summed E-state index contributed by atoms with van der Waals surface area (Å²) in [6.07, 6.45) is 8.85. The third kappa shape index (κ3) is 11.4. The molecule has 2 unspecified atom stereocenters. The molecule has 1 N–H and O–H groups in total. The molecule has 0 amide bonds. The van der Waals surface area contributed by atoms with E-state index in [2.05, 4.69) is 39.6 Å². The summed E-state index contributed by atoms with van der Waals surface area (Å²) >= 11 is 0. The minimum Gasteiger partial charge on any atom is -0.396 e. The number of unbranched alkanes of at least 4 members (excludes halogenated alkanes) is 1. The predicted molar refractivity (Wildman–Crippen MR) is 85.5 cm³/mol. The Morgan fingerprint density at radius 2 is 1.53 bits per heavy atom. The fourth-order valence-electron chi connectivity index (χ4n) is 2.46. The molecule has 0 rings (SSSR count). The van der Waals surface area contributed by atoms with Gasteiger partial charge in [0.2, 0.25) is 0 Å². The normalized spacial score (nSPS) is 15.2. The quantitative estimate of drug-likeness (QED) is 0.534. The Morgan fingerprint density at radius 1 is 0.842 bits per heavy atom. The zero-order chi connectivity index (χ0) is 14.7. The minimum absolute atomic E-state index is 0.328. The fourth-order valence-corrected chi connectivity index (χ4v) is 2.46. The van der Waals surface area contributed by atoms with Crippen LogP contribution in [-0.4, -0.2) is 36.2 Å². The number of hydrogen-bond donors (Lipinski definition) is 1. The first-order valence-electron chi connectivity index (χ1n) is 8.28. The number of rotatable bonds is 12. The first-order valence-corrected chi connectivity index (χ1v) is 8.28. The summed E-state index contributed by atoms with van der Waals surface area (Å²) in [5.74, 6) is 1.72. The number of hydrogen-bond acceptors (Lipinski definition) is 2. The van der Waals surface area contributed by atoms with Gasteiger partial charge >= 0.3 is 0 Å². The van der Waals surface area contributed by atoms with E-state index in [1.807, 2.05) is 0 Å². The van der Waals surface area contributed by atoms with E-state index in [-0.39, 0.29) is 0 Å². The summed E-state index contributed by atoms with van der Waals surface area (Å²) in [7, 11) is 2.21. The highest BCUT2D eigenvalue weighted by Gasteiger charge is 2.11. The molecule has 0 aromatic heterocycles. The third-order valence-corrected chi connectivity index (χ3v) is 4.23. The first kappa shape index (κ1) is 18.9. The van der Waals surface area contributed by atoms with Crippen LogP contribution in [0.5, 0.6) is 0 Å². The van der Waals surface area contributed by atoms with Crippen molar-refractivity contribution in [2.45, 2.75) is 78.7 Å². The van der Waals surface area contributed by atoms with Crippen molar-refractivity contribution in [1.29, 1.82) is 0 Å². The van der Waals surface area contributed by atoms with Crippen LogP contribution in [0.2, 0.25) is 0 Å². The van der Waals surface area contributed by atoms with E-state index in [4.69, 9.17) is 5.11 Å². The monoisotopic (exact) mass is 271 g/mol. The summed E-state index contributed by atoms with van der Waals surface area (Å²) in [4.78, 5) is 2.44. The average Bonchev–Trinajstić information content (AvgIpc) is 2.35. The Labute approximate surface area is 121 Å². The largest absolute Gasteiger partial charge is 0.396 e. The standard InChI is InChI=1S/C17H37NO/c1-15(2)9-8-10-16(3)11-12-17(4)18(5)13-6-7-14-19/h15-17,19H,6-14H2,1-5H3. The Kier molecular flexibility index (Phi) is 11.7. The Balaban J connectivity index is 3.61. The van der Waals surface area contributed by atoms with Crippen molar-refractivity contribution in [1.82, 2.24) is 4.90 Å². The summed E-state index contributed by atoms with van der Waals surface area (Å²) in [5, 5.41) is 8.80. The molecule has 0 aromatic carbocycles. The van der Waals surface area contributed by atoms with Gasteiger partial charge in [-0.2, -0.15) is 0 Å². The van der Waals surface area contributed by atoms with E-state index >= 15 is 0 Å². The van der Waals surface area contributed by atoms with Crippen molar-refractivity contribution in [3.8, 4) is 0 Å². The number of aliphatic hydroxyl groups excluding tert-OH is 1. The molecule has 0 fully saturated rings. The van der Waals surface area contributed by atoms with E-state index < -0.39 is 0 Å². The highest BCUT2D eigenvalue weighted by Crippen LogP contribution is 2.18. The molecule has 0 aliphatic rings. The molecule has 19 heavy (non-hydrogen) atoms. The molecule has 0 spiro atoms. The van der Waals surface area contributed by atoms with Crippen LogP contribution in [0.3, 0.4) is 0 Å². The van der Waals surface area contributed by atoms with Crippen molar-refractivity contribution in [3.05, 3.63) is 0 Å². The molecule has 2 nitrogen and oxygen atoms in total. The number of aliphatic hydroxyl groups is 1. The zero-order valence-corrected chi connectivity index (χ0v) is 14.0. The van der Waals surface area contributed by atoms with Gasteiger partial charge in [0.1, 0.15) is 0 Å². The molecule has 0 bridgehead atoms. The molecule has 116 valence electrons. The molecule has 0 heterocycles. The summed E-state index contributed by atoms with van der Waals surface area (Å²) in [6.45, 7) is 10.8. The van der Waals surface area contributed by atoms with Crippen LogP contribution < -0.4 is 0 Å². The van der Waals surface area contributed by atoms with Crippen LogP contribution in [0.1, 0.15) is 72.6 Å². The SMILES string of the molecule is CC(C)CCCC(C)CCC(C)N(C)CCCCO. The summed E-state index contributed by atoms with van der Waals surface area (Å²) in [6, 6.07) is 0.672. The lowest BCUT2D eigenvalue weighted by atomic mass is 9.94. The van der Waals surface area contributed by atoms with Crippen LogP contribution in [0, 0.1) is 11.8 Å². The summed E-state index contributed by atoms with van der Waals surface area (Å²) < 4.78 is 0. The highest BCUT2D eigenvalue weighted by molar-refractivity contribution is 4.66. The maximum Gasteiger partial charge on any atom is 0.0431 e. The smallest absolute Gasteiger partial charge is 0.0431 e.